The smallest absolute Gasteiger partial charge is 0.307 e. The predicted octanol–water partition coefficient (Wildman–Crippen LogP) is 4.77. The van der Waals surface area contributed by atoms with Crippen LogP contribution in [0.1, 0.15) is 87.0 Å². The van der Waals surface area contributed by atoms with Gasteiger partial charge in [-0.25, -0.2) is 0 Å². The molecule has 4 aliphatic carbocycles. The summed E-state index contributed by atoms with van der Waals surface area (Å²) >= 11 is 0. The van der Waals surface area contributed by atoms with Crippen LogP contribution in [-0.4, -0.2) is 41.5 Å². The van der Waals surface area contributed by atoms with Gasteiger partial charge in [-0.3, -0.25) is 16.1 Å². The molecule has 0 aromatic rings. The van der Waals surface area contributed by atoms with Crippen molar-refractivity contribution in [1.82, 2.24) is 5.43 Å². The summed E-state index contributed by atoms with van der Waals surface area (Å²) in [6.07, 6.45) is 7.62. The molecule has 1 saturated heterocycles. The molecule has 0 aromatic heterocycles. The van der Waals surface area contributed by atoms with Crippen LogP contribution < -0.4 is 11.3 Å². The topological polar surface area (TPSA) is 105 Å². The number of carboxylic acid groups (broad SMARTS) is 1. The number of allylic oxidation sites excluding steroid dienone is 1. The lowest BCUT2D eigenvalue weighted by Crippen LogP contribution is -2.71. The van der Waals surface area contributed by atoms with Crippen LogP contribution in [0, 0.1) is 56.7 Å². The van der Waals surface area contributed by atoms with Crippen LogP contribution in [-0.2, 0) is 9.53 Å². The lowest BCUT2D eigenvalue weighted by Gasteiger charge is -2.71. The number of carboxylic acids is 1. The minimum atomic E-state index is -0.621. The molecule has 0 radical (unpaired) electrons. The van der Waals surface area contributed by atoms with Crippen molar-refractivity contribution in [2.45, 2.75) is 99.1 Å². The van der Waals surface area contributed by atoms with E-state index in [0.717, 1.165) is 38.5 Å². The molecule has 1 aliphatic heterocycles. The number of hydrazine groups is 1. The molecule has 6 heteroatoms. The van der Waals surface area contributed by atoms with Crippen LogP contribution in [0.5, 0.6) is 0 Å². The third kappa shape index (κ3) is 3.08. The van der Waals surface area contributed by atoms with Crippen LogP contribution in [0.3, 0.4) is 0 Å². The maximum atomic E-state index is 13.1. The fourth-order valence-electron chi connectivity index (χ4n) is 10.8. The van der Waals surface area contributed by atoms with Gasteiger partial charge >= 0.3 is 5.97 Å². The fourth-order valence-corrected chi connectivity index (χ4v) is 10.8. The quantitative estimate of drug-likeness (QED) is 0.251. The van der Waals surface area contributed by atoms with E-state index in [4.69, 9.17) is 10.6 Å². The van der Waals surface area contributed by atoms with Crippen molar-refractivity contribution in [2.24, 2.45) is 62.5 Å². The number of hydrogen-bond acceptors (Lipinski definition) is 5. The van der Waals surface area contributed by atoms with Gasteiger partial charge in [-0.05, 0) is 78.4 Å². The molecule has 5 rings (SSSR count). The van der Waals surface area contributed by atoms with Crippen LogP contribution in [0.15, 0.2) is 11.6 Å². The highest BCUT2D eigenvalue weighted by atomic mass is 16.5. The maximum Gasteiger partial charge on any atom is 0.307 e. The first-order valence-corrected chi connectivity index (χ1v) is 14.4. The zero-order valence-corrected chi connectivity index (χ0v) is 23.6. The first-order valence-electron chi connectivity index (χ1n) is 14.4. The number of aliphatic hydroxyl groups excluding tert-OH is 1. The van der Waals surface area contributed by atoms with Gasteiger partial charge < -0.3 is 14.9 Å². The van der Waals surface area contributed by atoms with Gasteiger partial charge in [-0.2, -0.15) is 0 Å². The molecule has 0 spiro atoms. The third-order valence-electron chi connectivity index (χ3n) is 13.4. The van der Waals surface area contributed by atoms with Crippen molar-refractivity contribution >= 4 is 5.97 Å². The summed E-state index contributed by atoms with van der Waals surface area (Å²) in [5, 5.41) is 22.1. The van der Waals surface area contributed by atoms with E-state index in [2.05, 4.69) is 60.0 Å². The summed E-state index contributed by atoms with van der Waals surface area (Å²) < 4.78 is 6.29. The minimum absolute atomic E-state index is 0.0916. The maximum absolute atomic E-state index is 13.1. The van der Waals surface area contributed by atoms with Crippen LogP contribution in [0.2, 0.25) is 0 Å². The Morgan fingerprint density at radius 1 is 1.11 bits per heavy atom. The zero-order chi connectivity index (χ0) is 26.5. The highest BCUT2D eigenvalue weighted by molar-refractivity contribution is 5.73. The van der Waals surface area contributed by atoms with Crippen LogP contribution in [0.25, 0.3) is 0 Å². The molecule has 11 atom stereocenters. The fraction of sp³-hybridized carbons (Fsp3) is 0.900. The van der Waals surface area contributed by atoms with E-state index < -0.39 is 12.1 Å². The van der Waals surface area contributed by atoms with E-state index in [-0.39, 0.29) is 39.0 Å². The zero-order valence-electron chi connectivity index (χ0n) is 23.6. The molecular formula is C30H50N2O4. The molecule has 2 bridgehead atoms. The van der Waals surface area contributed by atoms with E-state index in [1.165, 1.54) is 5.57 Å². The molecule has 5 N–H and O–H groups in total. The summed E-state index contributed by atoms with van der Waals surface area (Å²) in [6.45, 7) is 17.2. The number of hydrogen-bond donors (Lipinski definition) is 4. The van der Waals surface area contributed by atoms with E-state index >= 15 is 0 Å². The van der Waals surface area contributed by atoms with Crippen molar-refractivity contribution in [1.29, 1.82) is 0 Å². The Kier molecular flexibility index (Phi) is 6.12. The standard InChI is InChI=1S/C30H50N2O4/c1-17(2)18(3)26(4)12-13-28(6)19-8-9-22-27(5)15-36-16-30(22,14-21(32-31)24(27)33)20(19)10-11-29(28,7)23(26)25(34)35/h10,17-19,21-24,32-33H,8-9,11-16,31H2,1-7H3,(H,34,35)/t18-,19?,21-,22?,23-,24+,26-,27+,28-,29+,30+/m1/s1. The first-order chi connectivity index (χ1) is 16.7. The lowest BCUT2D eigenvalue weighted by atomic mass is 9.34. The van der Waals surface area contributed by atoms with Gasteiger partial charge in [-0.15, -0.1) is 0 Å². The van der Waals surface area contributed by atoms with Gasteiger partial charge in [0.1, 0.15) is 0 Å². The number of aliphatic hydroxyl groups is 1. The van der Waals surface area contributed by atoms with Gasteiger partial charge in [0.25, 0.3) is 0 Å². The Balaban J connectivity index is 1.62. The molecular weight excluding hydrogens is 452 g/mol. The highest BCUT2D eigenvalue weighted by Crippen LogP contribution is 2.74. The van der Waals surface area contributed by atoms with Gasteiger partial charge in [0.2, 0.25) is 0 Å². The second kappa shape index (κ2) is 8.27. The molecule has 6 nitrogen and oxygen atoms in total. The van der Waals surface area contributed by atoms with Gasteiger partial charge in [0, 0.05) is 16.9 Å². The summed E-state index contributed by atoms with van der Waals surface area (Å²) in [7, 11) is 0. The van der Waals surface area contributed by atoms with E-state index in [9.17, 15) is 15.0 Å². The Bertz CT molecular complexity index is 951. The minimum Gasteiger partial charge on any atom is -0.481 e. The van der Waals surface area contributed by atoms with Crippen molar-refractivity contribution in [3.63, 3.8) is 0 Å². The molecule has 4 fully saturated rings. The molecule has 36 heavy (non-hydrogen) atoms. The van der Waals surface area contributed by atoms with Gasteiger partial charge in [0.05, 0.1) is 25.2 Å². The second-order valence-corrected chi connectivity index (χ2v) is 14.8. The second-order valence-electron chi connectivity index (χ2n) is 14.8. The number of carbonyl (C=O) groups is 1. The number of aliphatic carboxylic acids is 1. The Morgan fingerprint density at radius 3 is 2.42 bits per heavy atom. The molecule has 1 heterocycles. The lowest BCUT2D eigenvalue weighted by molar-refractivity contribution is -0.235. The predicted molar refractivity (Wildman–Crippen MR) is 141 cm³/mol. The summed E-state index contributed by atoms with van der Waals surface area (Å²) in [5.74, 6) is 6.47. The normalized spacial score (nSPS) is 53.1. The van der Waals surface area contributed by atoms with Crippen LogP contribution >= 0.6 is 0 Å². The summed E-state index contributed by atoms with van der Waals surface area (Å²) in [5.41, 5.74) is 3.33. The van der Waals surface area contributed by atoms with Crippen molar-refractivity contribution in [3.05, 3.63) is 11.6 Å². The molecule has 3 saturated carbocycles. The van der Waals surface area contributed by atoms with Crippen molar-refractivity contribution in [3.8, 4) is 0 Å². The Labute approximate surface area is 217 Å². The Morgan fingerprint density at radius 2 is 1.81 bits per heavy atom. The average Bonchev–Trinajstić information content (AvgIpc) is 2.81. The molecule has 0 aromatic carbocycles. The third-order valence-corrected chi connectivity index (χ3v) is 13.4. The van der Waals surface area contributed by atoms with Gasteiger partial charge in [0.15, 0.2) is 0 Å². The Hall–Kier alpha value is -0.950. The van der Waals surface area contributed by atoms with Gasteiger partial charge in [-0.1, -0.05) is 60.1 Å². The number of fused-ring (bicyclic) bond motifs is 3. The highest BCUT2D eigenvalue weighted by Gasteiger charge is 2.71. The SMILES string of the molecule is CC(C)[C@@H](C)[C@@]1(C)CC[C@]2(C)C3CCC4[C@@]5(COC[C@]4(C)[C@@H](O)[C@H](NN)C5)C3=CC[C@@]2(C)[C@@H]1C(=O)O. The molecule has 5 aliphatic rings. The number of ether oxygens (including phenoxy) is 1. The molecule has 0 amide bonds. The summed E-state index contributed by atoms with van der Waals surface area (Å²) in [4.78, 5) is 13.1. The summed E-state index contributed by atoms with van der Waals surface area (Å²) in [6, 6.07) is -0.163. The van der Waals surface area contributed by atoms with E-state index in [1.54, 1.807) is 0 Å². The van der Waals surface area contributed by atoms with Crippen LogP contribution in [0.4, 0.5) is 0 Å². The number of rotatable bonds is 4. The first kappa shape index (κ1) is 26.6. The van der Waals surface area contributed by atoms with E-state index in [1.807, 2.05) is 0 Å². The average molecular weight is 503 g/mol. The number of nitrogens with one attached hydrogen (secondary N) is 1. The van der Waals surface area contributed by atoms with E-state index in [0.29, 0.717) is 36.9 Å². The molecule has 2 unspecified atom stereocenters. The molecule has 204 valence electrons. The largest absolute Gasteiger partial charge is 0.481 e. The monoisotopic (exact) mass is 502 g/mol. The van der Waals surface area contributed by atoms with Crippen molar-refractivity contribution < 1.29 is 19.7 Å². The van der Waals surface area contributed by atoms with Crippen molar-refractivity contribution in [2.75, 3.05) is 13.2 Å². The number of nitrogens with two attached hydrogens (primary N) is 1.